The molecule has 146 valence electrons. The van der Waals surface area contributed by atoms with Crippen LogP contribution in [0.3, 0.4) is 0 Å². The van der Waals surface area contributed by atoms with E-state index in [-0.39, 0.29) is 6.61 Å². The van der Waals surface area contributed by atoms with Gasteiger partial charge in [-0.1, -0.05) is 29.8 Å². The molecule has 0 spiro atoms. The van der Waals surface area contributed by atoms with Gasteiger partial charge in [0.05, 0.1) is 18.4 Å². The molecular weight excluding hydrogens is 378 g/mol. The maximum absolute atomic E-state index is 12.3. The third-order valence-corrected chi connectivity index (χ3v) is 5.50. The van der Waals surface area contributed by atoms with Crippen LogP contribution in [0, 0.1) is 6.92 Å². The summed E-state index contributed by atoms with van der Waals surface area (Å²) >= 11 is 1.32. The largest absolute Gasteiger partial charge is 0.462 e. The maximum Gasteiger partial charge on any atom is 0.341 e. The van der Waals surface area contributed by atoms with Gasteiger partial charge in [0.1, 0.15) is 5.00 Å². The number of hydrazone groups is 1. The van der Waals surface area contributed by atoms with Gasteiger partial charge in [-0.2, -0.15) is 5.10 Å². The predicted octanol–water partition coefficient (Wildman–Crippen LogP) is 2.81. The number of hydrogen-bond acceptors (Lipinski definition) is 6. The smallest absolute Gasteiger partial charge is 0.341 e. The Labute approximate surface area is 166 Å². The van der Waals surface area contributed by atoms with E-state index in [1.54, 1.807) is 6.92 Å². The number of nitrogens with one attached hydrogen (secondary N) is 2. The summed E-state index contributed by atoms with van der Waals surface area (Å²) in [6.07, 6.45) is 4.04. The molecule has 28 heavy (non-hydrogen) atoms. The molecule has 0 bridgehead atoms. The molecule has 1 aliphatic carbocycles. The van der Waals surface area contributed by atoms with Crippen LogP contribution in [0.2, 0.25) is 0 Å². The minimum Gasteiger partial charge on any atom is -0.462 e. The van der Waals surface area contributed by atoms with Crippen LogP contribution in [0.25, 0.3) is 0 Å². The van der Waals surface area contributed by atoms with E-state index in [4.69, 9.17) is 4.74 Å². The maximum atomic E-state index is 12.3. The zero-order valence-electron chi connectivity index (χ0n) is 15.7. The normalized spacial score (nSPS) is 12.6. The average Bonchev–Trinajstić information content (AvgIpc) is 3.24. The van der Waals surface area contributed by atoms with Crippen molar-refractivity contribution in [3.05, 3.63) is 51.4 Å². The van der Waals surface area contributed by atoms with Gasteiger partial charge in [0.2, 0.25) is 0 Å². The molecule has 1 aromatic carbocycles. The lowest BCUT2D eigenvalue weighted by atomic mass is 10.1. The summed E-state index contributed by atoms with van der Waals surface area (Å²) in [5, 5.41) is 6.68. The van der Waals surface area contributed by atoms with Gasteiger partial charge in [-0.3, -0.25) is 9.59 Å². The van der Waals surface area contributed by atoms with E-state index in [0.717, 1.165) is 40.8 Å². The number of carbonyl (C=O) groups excluding carboxylic acids is 3. The summed E-state index contributed by atoms with van der Waals surface area (Å²) < 4.78 is 5.11. The molecule has 0 radical (unpaired) electrons. The first-order valence-electron chi connectivity index (χ1n) is 9.02. The first kappa shape index (κ1) is 19.8. The van der Waals surface area contributed by atoms with Crippen LogP contribution in [0.15, 0.2) is 29.4 Å². The summed E-state index contributed by atoms with van der Waals surface area (Å²) in [6, 6.07) is 7.54. The topological polar surface area (TPSA) is 96.9 Å². The highest BCUT2D eigenvalue weighted by Gasteiger charge is 2.29. The average molecular weight is 399 g/mol. The van der Waals surface area contributed by atoms with Gasteiger partial charge in [0, 0.05) is 4.88 Å². The Bertz CT molecular complexity index is 932. The third-order valence-electron chi connectivity index (χ3n) is 4.29. The van der Waals surface area contributed by atoms with Gasteiger partial charge in [-0.15, -0.1) is 11.3 Å². The van der Waals surface area contributed by atoms with Crippen LogP contribution in [-0.4, -0.2) is 30.6 Å². The van der Waals surface area contributed by atoms with Crippen LogP contribution in [0.4, 0.5) is 5.00 Å². The van der Waals surface area contributed by atoms with Crippen molar-refractivity contribution in [2.45, 2.75) is 33.1 Å². The lowest BCUT2D eigenvalue weighted by Crippen LogP contribution is -2.32. The Morgan fingerprint density at radius 2 is 1.93 bits per heavy atom. The van der Waals surface area contributed by atoms with Crippen molar-refractivity contribution in [3.8, 4) is 0 Å². The van der Waals surface area contributed by atoms with Crippen molar-refractivity contribution >= 4 is 40.3 Å². The molecular formula is C20H21N3O4S. The molecule has 1 aromatic heterocycles. The highest BCUT2D eigenvalue weighted by atomic mass is 32.1. The van der Waals surface area contributed by atoms with Crippen molar-refractivity contribution in [3.63, 3.8) is 0 Å². The van der Waals surface area contributed by atoms with Crippen molar-refractivity contribution < 1.29 is 19.1 Å². The molecule has 0 saturated heterocycles. The zero-order valence-corrected chi connectivity index (χ0v) is 16.5. The fourth-order valence-electron chi connectivity index (χ4n) is 2.94. The summed E-state index contributed by atoms with van der Waals surface area (Å²) in [5.41, 5.74) is 5.38. The minimum atomic E-state index is -0.910. The van der Waals surface area contributed by atoms with E-state index in [0.29, 0.717) is 10.6 Å². The first-order chi connectivity index (χ1) is 13.5. The molecule has 0 unspecified atom stereocenters. The fourth-order valence-corrected chi connectivity index (χ4v) is 4.21. The summed E-state index contributed by atoms with van der Waals surface area (Å²) in [6.45, 7) is 3.94. The lowest BCUT2D eigenvalue weighted by Gasteiger charge is -2.07. The number of thiophene rings is 1. The van der Waals surface area contributed by atoms with Gasteiger partial charge in [0.15, 0.2) is 0 Å². The molecule has 2 amide bonds. The van der Waals surface area contributed by atoms with Gasteiger partial charge in [-0.05, 0) is 44.2 Å². The number of anilines is 1. The Hall–Kier alpha value is -3.00. The number of ether oxygens (including phenoxy) is 1. The molecule has 0 saturated carbocycles. The number of carbonyl (C=O) groups is 3. The standard InChI is InChI=1S/C20H21N3O4S/c1-3-27-20(26)16-14-5-4-6-15(14)28-19(16)22-17(24)18(25)23-21-11-13-9-7-12(2)8-10-13/h7-11H,3-6H2,1-2H3,(H,22,24)(H,23,25)/b21-11+. The molecule has 1 heterocycles. The molecule has 8 heteroatoms. The number of nitrogens with zero attached hydrogens (tertiary/aromatic N) is 1. The monoisotopic (exact) mass is 399 g/mol. The molecule has 0 fully saturated rings. The summed E-state index contributed by atoms with van der Waals surface area (Å²) in [5.74, 6) is -2.27. The number of amides is 2. The number of fused-ring (bicyclic) bond motifs is 1. The van der Waals surface area contributed by atoms with E-state index in [1.807, 2.05) is 31.2 Å². The van der Waals surface area contributed by atoms with Crippen LogP contribution in [-0.2, 0) is 27.2 Å². The Balaban J connectivity index is 1.66. The van der Waals surface area contributed by atoms with Crippen molar-refractivity contribution in [1.82, 2.24) is 5.43 Å². The summed E-state index contributed by atoms with van der Waals surface area (Å²) in [4.78, 5) is 37.6. The SMILES string of the molecule is CCOC(=O)c1c(NC(=O)C(=O)N/N=C/c2ccc(C)cc2)sc2c1CCC2. The molecule has 2 aromatic rings. The van der Waals surface area contributed by atoms with Crippen molar-refractivity contribution in [2.75, 3.05) is 11.9 Å². The second kappa shape index (κ2) is 8.79. The Kier molecular flexibility index (Phi) is 6.20. The number of esters is 1. The predicted molar refractivity (Wildman–Crippen MR) is 108 cm³/mol. The number of benzene rings is 1. The zero-order chi connectivity index (χ0) is 20.1. The molecule has 3 rings (SSSR count). The lowest BCUT2D eigenvalue weighted by molar-refractivity contribution is -0.136. The van der Waals surface area contributed by atoms with Crippen LogP contribution >= 0.6 is 11.3 Å². The van der Waals surface area contributed by atoms with Gasteiger partial charge in [0.25, 0.3) is 0 Å². The van der Waals surface area contributed by atoms with Crippen molar-refractivity contribution in [1.29, 1.82) is 0 Å². The third kappa shape index (κ3) is 4.45. The van der Waals surface area contributed by atoms with Crippen LogP contribution in [0.1, 0.15) is 45.3 Å². The highest BCUT2D eigenvalue weighted by molar-refractivity contribution is 7.17. The van der Waals surface area contributed by atoms with E-state index in [2.05, 4.69) is 15.8 Å². The molecule has 0 aliphatic heterocycles. The van der Waals surface area contributed by atoms with E-state index in [9.17, 15) is 14.4 Å². The van der Waals surface area contributed by atoms with E-state index >= 15 is 0 Å². The number of hydrogen-bond donors (Lipinski definition) is 2. The minimum absolute atomic E-state index is 0.241. The van der Waals surface area contributed by atoms with Gasteiger partial charge < -0.3 is 10.1 Å². The first-order valence-corrected chi connectivity index (χ1v) is 9.84. The molecule has 0 atom stereocenters. The van der Waals surface area contributed by atoms with Crippen LogP contribution < -0.4 is 10.7 Å². The Morgan fingerprint density at radius 3 is 2.64 bits per heavy atom. The van der Waals surface area contributed by atoms with Crippen LogP contribution in [0.5, 0.6) is 0 Å². The number of rotatable bonds is 5. The highest BCUT2D eigenvalue weighted by Crippen LogP contribution is 2.39. The second-order valence-corrected chi connectivity index (χ2v) is 7.45. The fraction of sp³-hybridized carbons (Fsp3) is 0.300. The Morgan fingerprint density at radius 1 is 1.18 bits per heavy atom. The van der Waals surface area contributed by atoms with Gasteiger partial charge >= 0.3 is 17.8 Å². The van der Waals surface area contributed by atoms with Crippen molar-refractivity contribution in [2.24, 2.45) is 5.10 Å². The quantitative estimate of drug-likeness (QED) is 0.350. The second-order valence-electron chi connectivity index (χ2n) is 6.35. The van der Waals surface area contributed by atoms with Gasteiger partial charge in [-0.25, -0.2) is 10.2 Å². The summed E-state index contributed by atoms with van der Waals surface area (Å²) in [7, 11) is 0. The van der Waals surface area contributed by atoms with E-state index < -0.39 is 17.8 Å². The number of aryl methyl sites for hydroxylation is 2. The van der Waals surface area contributed by atoms with E-state index in [1.165, 1.54) is 17.6 Å². The molecule has 7 nitrogen and oxygen atoms in total. The molecule has 1 aliphatic rings. The molecule has 2 N–H and O–H groups in total.